The fourth-order valence-corrected chi connectivity index (χ4v) is 4.98. The predicted octanol–water partition coefficient (Wildman–Crippen LogP) is 5.43. The molecule has 1 amide bonds. The van der Waals surface area contributed by atoms with E-state index >= 15 is 0 Å². The first-order chi connectivity index (χ1) is 16.8. The Morgan fingerprint density at radius 3 is 2.67 bits per heavy atom. The number of allylic oxidation sites excluding steroid dienone is 2. The Balaban J connectivity index is 1.81. The van der Waals surface area contributed by atoms with Crippen molar-refractivity contribution in [1.29, 1.82) is 0 Å². The monoisotopic (exact) mass is 529 g/mol. The summed E-state index contributed by atoms with van der Waals surface area (Å²) in [5.41, 5.74) is 0.635. The number of amides is 1. The van der Waals surface area contributed by atoms with Crippen LogP contribution in [0.5, 0.6) is 0 Å². The predicted molar refractivity (Wildman–Crippen MR) is 130 cm³/mol. The molecule has 12 heteroatoms. The Morgan fingerprint density at radius 2 is 2.06 bits per heavy atom. The maximum absolute atomic E-state index is 14.5. The van der Waals surface area contributed by atoms with Crippen LogP contribution in [0.2, 0.25) is 0 Å². The number of halogens is 5. The summed E-state index contributed by atoms with van der Waals surface area (Å²) >= 11 is 1.26. The lowest BCUT2D eigenvalue weighted by Crippen LogP contribution is -2.58. The highest BCUT2D eigenvalue weighted by molar-refractivity contribution is 7.15. The molecule has 1 N–H and O–H groups in total. The fourth-order valence-electron chi connectivity index (χ4n) is 4.10. The lowest BCUT2D eigenvalue weighted by molar-refractivity contribution is -0.0915. The van der Waals surface area contributed by atoms with E-state index in [4.69, 9.17) is 0 Å². The van der Waals surface area contributed by atoms with Gasteiger partial charge in [0, 0.05) is 31.4 Å². The van der Waals surface area contributed by atoms with Crippen molar-refractivity contribution in [2.75, 3.05) is 19.8 Å². The number of nitrogens with one attached hydrogen (secondary N) is 1. The van der Waals surface area contributed by atoms with Gasteiger partial charge in [-0.25, -0.2) is 13.8 Å². The number of aromatic nitrogens is 2. The van der Waals surface area contributed by atoms with E-state index in [0.717, 1.165) is 16.5 Å². The Hall–Kier alpha value is -2.73. The molecule has 1 aliphatic rings. The Kier molecular flexibility index (Phi) is 8.60. The van der Waals surface area contributed by atoms with Crippen LogP contribution in [0, 0.1) is 19.8 Å². The lowest BCUT2D eigenvalue weighted by Gasteiger charge is -2.43. The largest absolute Gasteiger partial charge is 0.417 e. The maximum Gasteiger partial charge on any atom is 0.417 e. The van der Waals surface area contributed by atoms with Gasteiger partial charge in [0.25, 0.3) is 11.8 Å². The average Bonchev–Trinajstić information content (AvgIpc) is 3.17. The lowest BCUT2D eigenvalue weighted by atomic mass is 9.88. The molecule has 2 aromatic rings. The summed E-state index contributed by atoms with van der Waals surface area (Å²) in [6, 6.07) is 2.97. The molecule has 6 nitrogen and oxygen atoms in total. The van der Waals surface area contributed by atoms with Crippen LogP contribution < -0.4 is 5.32 Å². The first-order valence-electron chi connectivity index (χ1n) is 11.4. The van der Waals surface area contributed by atoms with Crippen molar-refractivity contribution in [3.63, 3.8) is 0 Å². The number of piperidine rings is 1. The zero-order valence-electron chi connectivity index (χ0n) is 20.4. The summed E-state index contributed by atoms with van der Waals surface area (Å²) in [6.45, 7) is 5.63. The summed E-state index contributed by atoms with van der Waals surface area (Å²) in [7, 11) is 0. The highest BCUT2D eigenvalue weighted by Crippen LogP contribution is 2.37. The summed E-state index contributed by atoms with van der Waals surface area (Å²) in [4.78, 5) is 27.6. The normalized spacial score (nSPS) is 20.8. The second-order valence-electron chi connectivity index (χ2n) is 8.83. The van der Waals surface area contributed by atoms with Gasteiger partial charge < -0.3 is 4.90 Å². The molecule has 0 saturated carbocycles. The Labute approximate surface area is 210 Å². The van der Waals surface area contributed by atoms with E-state index in [2.05, 4.69) is 20.3 Å². The van der Waals surface area contributed by atoms with Crippen LogP contribution >= 0.6 is 11.3 Å². The van der Waals surface area contributed by atoms with Gasteiger partial charge in [-0.05, 0) is 38.3 Å². The van der Waals surface area contributed by atoms with E-state index < -0.39 is 48.5 Å². The molecule has 2 aromatic heterocycles. The summed E-state index contributed by atoms with van der Waals surface area (Å²) in [6.07, 6.45) is -1.65. The topological polar surface area (TPSA) is 70.5 Å². The number of hydrogen-bond acceptors (Lipinski definition) is 6. The SMILES string of the molecule is C/C=C(\C=N/CNC[C@@H]1C(C)CC(F)(F)CN1C(=O)c1nc(C)sc1-c1ccc(C)cn1)C(F)(F)F. The van der Waals surface area contributed by atoms with Gasteiger partial charge in [-0.15, -0.1) is 11.3 Å². The maximum atomic E-state index is 14.5. The van der Waals surface area contributed by atoms with Gasteiger partial charge in [0.2, 0.25) is 0 Å². The average molecular weight is 530 g/mol. The number of rotatable bonds is 7. The summed E-state index contributed by atoms with van der Waals surface area (Å²) < 4.78 is 67.5. The zero-order valence-corrected chi connectivity index (χ0v) is 21.2. The van der Waals surface area contributed by atoms with Crippen molar-refractivity contribution in [2.45, 2.75) is 52.3 Å². The van der Waals surface area contributed by atoms with Gasteiger partial charge in [0.05, 0.1) is 34.4 Å². The molecule has 3 heterocycles. The Bertz CT molecular complexity index is 1130. The van der Waals surface area contributed by atoms with E-state index in [9.17, 15) is 26.7 Å². The highest BCUT2D eigenvalue weighted by atomic mass is 32.1. The molecule has 2 atom stereocenters. The van der Waals surface area contributed by atoms with Crippen LogP contribution in [0.25, 0.3) is 10.6 Å². The van der Waals surface area contributed by atoms with Gasteiger partial charge in [-0.1, -0.05) is 19.1 Å². The van der Waals surface area contributed by atoms with Crippen molar-refractivity contribution in [1.82, 2.24) is 20.2 Å². The minimum Gasteiger partial charge on any atom is -0.327 e. The van der Waals surface area contributed by atoms with Crippen LogP contribution in [0.4, 0.5) is 22.0 Å². The standard InChI is InChI=1S/C24H28F5N5OS/c1-5-17(24(27,28)29)10-30-13-31-11-19-15(3)8-23(25,26)12-34(19)22(35)20-21(36-16(4)33-20)18-7-6-14(2)9-32-18/h5-7,9-10,15,19,31H,8,11-13H2,1-4H3/b17-5+,30-10-/t15?,19-/m1/s1. The molecule has 1 unspecified atom stereocenters. The minimum atomic E-state index is -4.51. The first-order valence-corrected chi connectivity index (χ1v) is 12.2. The highest BCUT2D eigenvalue weighted by Gasteiger charge is 2.46. The summed E-state index contributed by atoms with van der Waals surface area (Å²) in [5, 5.41) is 3.47. The molecule has 0 radical (unpaired) electrons. The third-order valence-electron chi connectivity index (χ3n) is 5.85. The number of pyridine rings is 1. The van der Waals surface area contributed by atoms with E-state index in [1.54, 1.807) is 26.1 Å². The Morgan fingerprint density at radius 1 is 1.33 bits per heavy atom. The second-order valence-corrected chi connectivity index (χ2v) is 10.0. The van der Waals surface area contributed by atoms with Gasteiger partial charge in [0.15, 0.2) is 0 Å². The molecular formula is C24H28F5N5OS. The number of likely N-dealkylation sites (tertiary alicyclic amines) is 1. The number of aliphatic imine (C=N–C) groups is 1. The van der Waals surface area contributed by atoms with E-state index in [1.807, 2.05) is 13.0 Å². The molecule has 1 saturated heterocycles. The van der Waals surface area contributed by atoms with E-state index in [-0.39, 0.29) is 18.9 Å². The molecule has 1 fully saturated rings. The van der Waals surface area contributed by atoms with Gasteiger partial charge in [-0.2, -0.15) is 13.2 Å². The van der Waals surface area contributed by atoms with Gasteiger partial charge in [-0.3, -0.25) is 20.1 Å². The summed E-state index contributed by atoms with van der Waals surface area (Å²) in [5.74, 6) is -4.28. The third kappa shape index (κ3) is 6.73. The number of aryl methyl sites for hydroxylation is 2. The smallest absolute Gasteiger partial charge is 0.327 e. The molecule has 0 bridgehead atoms. The van der Waals surface area contributed by atoms with Crippen LogP contribution in [-0.2, 0) is 0 Å². The first kappa shape index (κ1) is 27.9. The molecule has 3 rings (SSSR count). The molecule has 36 heavy (non-hydrogen) atoms. The zero-order chi connectivity index (χ0) is 26.7. The molecule has 0 aliphatic carbocycles. The van der Waals surface area contributed by atoms with Crippen molar-refractivity contribution in [2.24, 2.45) is 10.9 Å². The van der Waals surface area contributed by atoms with Crippen molar-refractivity contribution >= 4 is 23.5 Å². The van der Waals surface area contributed by atoms with Gasteiger partial charge in [0.1, 0.15) is 5.69 Å². The number of carbonyl (C=O) groups is 1. The van der Waals surface area contributed by atoms with Crippen molar-refractivity contribution in [3.8, 4) is 10.6 Å². The number of thiazole rings is 1. The molecule has 0 aromatic carbocycles. The number of alkyl halides is 5. The van der Waals surface area contributed by atoms with Gasteiger partial charge >= 0.3 is 6.18 Å². The molecular weight excluding hydrogens is 501 g/mol. The quantitative estimate of drug-likeness (QED) is 0.295. The molecule has 0 spiro atoms. The van der Waals surface area contributed by atoms with Crippen molar-refractivity contribution in [3.05, 3.63) is 46.2 Å². The number of nitrogens with zero attached hydrogens (tertiary/aromatic N) is 4. The molecule has 196 valence electrons. The van der Waals surface area contributed by atoms with E-state index in [1.165, 1.54) is 18.3 Å². The minimum absolute atomic E-state index is 0.0599. The second kappa shape index (κ2) is 11.1. The number of carbonyl (C=O) groups excluding carboxylic acids is 1. The third-order valence-corrected chi connectivity index (χ3v) is 6.84. The van der Waals surface area contributed by atoms with Crippen LogP contribution in [0.3, 0.4) is 0 Å². The number of hydrogen-bond donors (Lipinski definition) is 1. The fraction of sp³-hybridized carbons (Fsp3) is 0.500. The molecule has 1 aliphatic heterocycles. The van der Waals surface area contributed by atoms with Crippen LogP contribution in [0.15, 0.2) is 35.0 Å². The van der Waals surface area contributed by atoms with E-state index in [0.29, 0.717) is 21.8 Å². The van der Waals surface area contributed by atoms with Crippen LogP contribution in [0.1, 0.15) is 41.3 Å². The van der Waals surface area contributed by atoms with Crippen LogP contribution in [-0.4, -0.2) is 64.9 Å². The van der Waals surface area contributed by atoms with Crippen molar-refractivity contribution < 1.29 is 26.7 Å².